The summed E-state index contributed by atoms with van der Waals surface area (Å²) in [6.07, 6.45) is -0.847. The largest absolute Gasteiger partial charge is 0.506 e. The standard InChI is InChI=1S/C11H9FN4O5/c1-20-9-5-8(13-2-14-9)16(3-15-5)10-4(12)6(17)7(21-10)11(18)19/h2-3,7,10,17H,1H3,(H,18,19)/t7-,10+/m0/s1. The first-order valence-electron chi connectivity index (χ1n) is 5.73. The van der Waals surface area contributed by atoms with Crippen molar-refractivity contribution in [2.75, 3.05) is 7.11 Å². The minimum Gasteiger partial charge on any atom is -0.506 e. The maximum atomic E-state index is 14.0. The number of nitrogens with zero attached hydrogens (tertiary/aromatic N) is 4. The fraction of sp³-hybridized carbons (Fsp3) is 0.273. The van der Waals surface area contributed by atoms with Crippen molar-refractivity contribution in [1.29, 1.82) is 0 Å². The lowest BCUT2D eigenvalue weighted by Gasteiger charge is -2.13. The van der Waals surface area contributed by atoms with Crippen molar-refractivity contribution < 1.29 is 28.9 Å². The predicted molar refractivity (Wildman–Crippen MR) is 64.2 cm³/mol. The SMILES string of the molecule is COc1ncnc2c1ncn2[C@@H]1O[C@H](C(=O)O)C(O)=C1F. The van der Waals surface area contributed by atoms with Gasteiger partial charge in [0, 0.05) is 0 Å². The quantitative estimate of drug-likeness (QED) is 0.842. The fourth-order valence-corrected chi connectivity index (χ4v) is 2.02. The number of aliphatic hydroxyl groups is 1. The van der Waals surface area contributed by atoms with Crippen LogP contribution in [-0.2, 0) is 9.53 Å². The number of carboxylic acids is 1. The zero-order valence-electron chi connectivity index (χ0n) is 10.6. The van der Waals surface area contributed by atoms with Crippen molar-refractivity contribution in [3.63, 3.8) is 0 Å². The van der Waals surface area contributed by atoms with Crippen molar-refractivity contribution >= 4 is 17.1 Å². The third kappa shape index (κ3) is 1.88. The number of fused-ring (bicyclic) bond motifs is 1. The molecule has 9 nitrogen and oxygen atoms in total. The van der Waals surface area contributed by atoms with E-state index >= 15 is 0 Å². The van der Waals surface area contributed by atoms with E-state index in [-0.39, 0.29) is 17.0 Å². The zero-order chi connectivity index (χ0) is 15.1. The molecule has 2 N–H and O–H groups in total. The molecular weight excluding hydrogens is 287 g/mol. The van der Waals surface area contributed by atoms with E-state index in [2.05, 4.69) is 15.0 Å². The number of imidazole rings is 1. The summed E-state index contributed by atoms with van der Waals surface area (Å²) in [5.74, 6) is -3.41. The number of aromatic nitrogens is 4. The van der Waals surface area contributed by atoms with Crippen LogP contribution in [0.3, 0.4) is 0 Å². The van der Waals surface area contributed by atoms with E-state index in [9.17, 15) is 14.3 Å². The number of aliphatic hydroxyl groups excluding tert-OH is 1. The van der Waals surface area contributed by atoms with Crippen molar-refractivity contribution in [2.24, 2.45) is 0 Å². The maximum Gasteiger partial charge on any atom is 0.341 e. The molecule has 0 unspecified atom stereocenters. The van der Waals surface area contributed by atoms with Gasteiger partial charge in [0.1, 0.15) is 6.33 Å². The highest BCUT2D eigenvalue weighted by atomic mass is 19.1. The van der Waals surface area contributed by atoms with Crippen LogP contribution in [0.2, 0.25) is 0 Å². The van der Waals surface area contributed by atoms with Crippen LogP contribution in [0.5, 0.6) is 5.88 Å². The summed E-state index contributed by atoms with van der Waals surface area (Å²) < 4.78 is 25.1. The summed E-state index contributed by atoms with van der Waals surface area (Å²) in [5, 5.41) is 18.3. The average molecular weight is 296 g/mol. The Morgan fingerprint density at radius 3 is 2.86 bits per heavy atom. The summed E-state index contributed by atoms with van der Waals surface area (Å²) in [6, 6.07) is 0. The van der Waals surface area contributed by atoms with Gasteiger partial charge in [-0.25, -0.2) is 19.2 Å². The number of carbonyl (C=O) groups is 1. The molecule has 3 rings (SSSR count). The summed E-state index contributed by atoms with van der Waals surface area (Å²) in [7, 11) is 1.39. The highest BCUT2D eigenvalue weighted by Crippen LogP contribution is 2.36. The van der Waals surface area contributed by atoms with Gasteiger partial charge in [0.05, 0.1) is 13.4 Å². The molecule has 0 radical (unpaired) electrons. The van der Waals surface area contributed by atoms with Crippen molar-refractivity contribution in [3.05, 3.63) is 24.2 Å². The van der Waals surface area contributed by atoms with Gasteiger partial charge in [0.25, 0.3) is 0 Å². The molecular formula is C11H9FN4O5. The van der Waals surface area contributed by atoms with Crippen LogP contribution in [0.15, 0.2) is 24.2 Å². The lowest BCUT2D eigenvalue weighted by molar-refractivity contribution is -0.151. The molecule has 0 aliphatic carbocycles. The number of aliphatic carboxylic acids is 1. The molecule has 0 amide bonds. The first-order chi connectivity index (χ1) is 10.0. The topological polar surface area (TPSA) is 120 Å². The smallest absolute Gasteiger partial charge is 0.341 e. The monoisotopic (exact) mass is 296 g/mol. The Kier molecular flexibility index (Phi) is 2.94. The highest BCUT2D eigenvalue weighted by molar-refractivity contribution is 5.77. The molecule has 2 aromatic heterocycles. The van der Waals surface area contributed by atoms with Crippen LogP contribution in [0, 0.1) is 0 Å². The molecule has 1 aliphatic rings. The molecule has 110 valence electrons. The number of hydrogen-bond acceptors (Lipinski definition) is 7. The molecule has 0 fully saturated rings. The van der Waals surface area contributed by atoms with Crippen LogP contribution in [0.25, 0.3) is 11.2 Å². The van der Waals surface area contributed by atoms with E-state index in [1.165, 1.54) is 19.8 Å². The number of ether oxygens (including phenoxy) is 2. The lowest BCUT2D eigenvalue weighted by atomic mass is 10.3. The van der Waals surface area contributed by atoms with E-state index < -0.39 is 29.9 Å². The Morgan fingerprint density at radius 1 is 1.48 bits per heavy atom. The van der Waals surface area contributed by atoms with Crippen molar-refractivity contribution in [1.82, 2.24) is 19.5 Å². The lowest BCUT2D eigenvalue weighted by Crippen LogP contribution is -2.23. The summed E-state index contributed by atoms with van der Waals surface area (Å²) >= 11 is 0. The number of rotatable bonds is 3. The van der Waals surface area contributed by atoms with Crippen LogP contribution < -0.4 is 4.74 Å². The average Bonchev–Trinajstić information content (AvgIpc) is 3.01. The van der Waals surface area contributed by atoms with Crippen LogP contribution in [0.1, 0.15) is 6.23 Å². The number of carboxylic acid groups (broad SMARTS) is 1. The van der Waals surface area contributed by atoms with Crippen molar-refractivity contribution in [2.45, 2.75) is 12.3 Å². The van der Waals surface area contributed by atoms with E-state index in [0.717, 1.165) is 4.57 Å². The molecule has 0 spiro atoms. The van der Waals surface area contributed by atoms with Crippen molar-refractivity contribution in [3.8, 4) is 5.88 Å². The maximum absolute atomic E-state index is 14.0. The van der Waals surface area contributed by atoms with Gasteiger partial charge < -0.3 is 19.7 Å². The van der Waals surface area contributed by atoms with E-state index in [4.69, 9.17) is 14.6 Å². The molecule has 0 bridgehead atoms. The van der Waals surface area contributed by atoms with Gasteiger partial charge in [-0.15, -0.1) is 0 Å². The number of halogens is 1. The van der Waals surface area contributed by atoms with E-state index in [0.29, 0.717) is 0 Å². The van der Waals surface area contributed by atoms with Gasteiger partial charge in [-0.3, -0.25) is 4.57 Å². The molecule has 3 heterocycles. The van der Waals surface area contributed by atoms with Gasteiger partial charge in [0.15, 0.2) is 29.0 Å². The minimum absolute atomic E-state index is 0.181. The summed E-state index contributed by atoms with van der Waals surface area (Å²) in [5.41, 5.74) is 0.440. The second kappa shape index (κ2) is 4.66. The first-order valence-corrected chi connectivity index (χ1v) is 5.73. The second-order valence-corrected chi connectivity index (χ2v) is 4.15. The fourth-order valence-electron chi connectivity index (χ4n) is 2.02. The Morgan fingerprint density at radius 2 is 2.24 bits per heavy atom. The van der Waals surface area contributed by atoms with Gasteiger partial charge >= 0.3 is 5.97 Å². The minimum atomic E-state index is -1.77. The third-order valence-electron chi connectivity index (χ3n) is 2.97. The second-order valence-electron chi connectivity index (χ2n) is 4.15. The molecule has 0 saturated heterocycles. The summed E-state index contributed by atoms with van der Waals surface area (Å²) in [6.45, 7) is 0. The van der Waals surface area contributed by atoms with Gasteiger partial charge in [-0.1, -0.05) is 0 Å². The number of methoxy groups -OCH3 is 1. The zero-order valence-corrected chi connectivity index (χ0v) is 10.6. The Labute approximate surface area is 116 Å². The highest BCUT2D eigenvalue weighted by Gasteiger charge is 2.41. The first kappa shape index (κ1) is 13.2. The Bertz CT molecular complexity index is 758. The van der Waals surface area contributed by atoms with E-state index in [1.807, 2.05) is 0 Å². The normalized spacial score (nSPS) is 22.0. The molecule has 2 aromatic rings. The van der Waals surface area contributed by atoms with Crippen LogP contribution in [-0.4, -0.2) is 48.9 Å². The number of hydrogen-bond donors (Lipinski definition) is 2. The molecule has 10 heteroatoms. The predicted octanol–water partition coefficient (Wildman–Crippen LogP) is 0.556. The molecule has 1 aliphatic heterocycles. The van der Waals surface area contributed by atoms with Gasteiger partial charge in [-0.2, -0.15) is 4.98 Å². The van der Waals surface area contributed by atoms with Crippen LogP contribution in [0.4, 0.5) is 4.39 Å². The molecule has 21 heavy (non-hydrogen) atoms. The third-order valence-corrected chi connectivity index (χ3v) is 2.97. The Balaban J connectivity index is 2.09. The van der Waals surface area contributed by atoms with E-state index in [1.54, 1.807) is 0 Å². The van der Waals surface area contributed by atoms with Crippen LogP contribution >= 0.6 is 0 Å². The molecule has 2 atom stereocenters. The van der Waals surface area contributed by atoms with Gasteiger partial charge in [-0.05, 0) is 0 Å². The van der Waals surface area contributed by atoms with Gasteiger partial charge in [0.2, 0.25) is 12.0 Å². The Hall–Kier alpha value is -2.75. The molecule has 0 aromatic carbocycles. The summed E-state index contributed by atoms with van der Waals surface area (Å²) in [4.78, 5) is 22.6. The molecule has 0 saturated carbocycles.